The third kappa shape index (κ3) is 2.41. The summed E-state index contributed by atoms with van der Waals surface area (Å²) in [7, 11) is -3.55. The van der Waals surface area contributed by atoms with Crippen molar-refractivity contribution in [3.05, 3.63) is 64.7 Å². The molecule has 25 heavy (non-hydrogen) atoms. The van der Waals surface area contributed by atoms with Crippen LogP contribution in [0.1, 0.15) is 0 Å². The van der Waals surface area contributed by atoms with Crippen LogP contribution in [-0.2, 0) is 10.0 Å². The van der Waals surface area contributed by atoms with Crippen LogP contribution >= 0.6 is 0 Å². The van der Waals surface area contributed by atoms with Gasteiger partial charge in [0.1, 0.15) is 10.6 Å². The van der Waals surface area contributed by atoms with Crippen LogP contribution in [0.25, 0.3) is 10.8 Å². The number of hydrogen-bond acceptors (Lipinski definition) is 6. The molecule has 1 N–H and O–H groups in total. The monoisotopic (exact) mass is 354 g/mol. The first-order valence-electron chi connectivity index (χ1n) is 7.21. The molecule has 0 radical (unpaired) electrons. The molecule has 1 aliphatic rings. The van der Waals surface area contributed by atoms with Crippen LogP contribution in [0.2, 0.25) is 0 Å². The van der Waals surface area contributed by atoms with Crippen molar-refractivity contribution in [3.8, 4) is 0 Å². The fourth-order valence-corrected chi connectivity index (χ4v) is 4.03. The van der Waals surface area contributed by atoms with E-state index in [-0.39, 0.29) is 16.3 Å². The molecule has 3 aromatic carbocycles. The second-order valence-corrected chi connectivity index (χ2v) is 6.99. The molecule has 1 aliphatic heterocycles. The van der Waals surface area contributed by atoms with E-state index in [1.807, 2.05) is 0 Å². The van der Waals surface area contributed by atoms with Crippen LogP contribution in [0.3, 0.4) is 0 Å². The lowest BCUT2D eigenvalue weighted by Gasteiger charge is -2.24. The van der Waals surface area contributed by atoms with Crippen molar-refractivity contribution in [2.45, 2.75) is 4.90 Å². The highest BCUT2D eigenvalue weighted by atomic mass is 32.2. The van der Waals surface area contributed by atoms with Crippen LogP contribution in [0, 0.1) is 10.1 Å². The van der Waals surface area contributed by atoms with Gasteiger partial charge in [-0.1, -0.05) is 36.4 Å². The lowest BCUT2D eigenvalue weighted by atomic mass is 10.1. The van der Waals surface area contributed by atoms with E-state index >= 15 is 0 Å². The Kier molecular flexibility index (Phi) is 3.25. The number of fused-ring (bicyclic) bond motifs is 3. The first kappa shape index (κ1) is 15.2. The predicted octanol–water partition coefficient (Wildman–Crippen LogP) is 4.28. The lowest BCUT2D eigenvalue weighted by Crippen LogP contribution is -2.25. The van der Waals surface area contributed by atoms with E-state index in [0.717, 1.165) is 0 Å². The summed E-state index contributed by atoms with van der Waals surface area (Å²) >= 11 is 0. The number of para-hydroxylation sites is 1. The molecule has 0 atom stereocenters. The molecule has 0 saturated heterocycles. The fraction of sp³-hybridized carbons (Fsp3) is 0. The Morgan fingerprint density at radius 2 is 1.64 bits per heavy atom. The highest BCUT2D eigenvalue weighted by Gasteiger charge is 2.35. The number of nitrogens with one attached hydrogen (secondary N) is 1. The molecule has 9 heteroatoms. The number of anilines is 1. The minimum Gasteiger partial charge on any atom is -0.276 e. The van der Waals surface area contributed by atoms with Gasteiger partial charge in [-0.05, 0) is 17.5 Å². The SMILES string of the molecule is O=[N+]([O-])c1ccccc1N=Nc1cc2ccccc2c2c1NS2(=O)=O. The standard InChI is InChI=1S/C16H10N4O4S/c21-20(22)14-8-4-3-7-12(14)17-18-13-9-10-5-1-2-6-11(10)16-15(13)19-25(16,23)24/h1-9,19H. The zero-order valence-electron chi connectivity index (χ0n) is 12.6. The first-order chi connectivity index (χ1) is 12.0. The summed E-state index contributed by atoms with van der Waals surface area (Å²) in [5.74, 6) is 0. The summed E-state index contributed by atoms with van der Waals surface area (Å²) < 4.78 is 26.4. The molecule has 3 aromatic rings. The Labute approximate surface area is 142 Å². The van der Waals surface area contributed by atoms with E-state index in [4.69, 9.17) is 0 Å². The van der Waals surface area contributed by atoms with E-state index < -0.39 is 14.9 Å². The van der Waals surface area contributed by atoms with Crippen molar-refractivity contribution in [3.63, 3.8) is 0 Å². The third-order valence-corrected chi connectivity index (χ3v) is 5.26. The number of hydrogen-bond donors (Lipinski definition) is 1. The lowest BCUT2D eigenvalue weighted by molar-refractivity contribution is -0.384. The van der Waals surface area contributed by atoms with Crippen LogP contribution in [0.4, 0.5) is 22.7 Å². The van der Waals surface area contributed by atoms with E-state index in [1.165, 1.54) is 18.2 Å². The smallest absolute Gasteiger partial charge is 0.276 e. The Hall–Kier alpha value is -3.33. The van der Waals surface area contributed by atoms with Gasteiger partial charge in [-0.3, -0.25) is 14.8 Å². The fourth-order valence-electron chi connectivity index (χ4n) is 2.71. The highest BCUT2D eigenvalue weighted by Crippen LogP contribution is 2.46. The molecule has 1 heterocycles. The molecular weight excluding hydrogens is 344 g/mol. The summed E-state index contributed by atoms with van der Waals surface area (Å²) in [5, 5.41) is 20.3. The number of azo groups is 1. The molecule has 0 bridgehead atoms. The number of benzene rings is 3. The van der Waals surface area contributed by atoms with Gasteiger partial charge in [0.05, 0.1) is 10.6 Å². The van der Waals surface area contributed by atoms with Gasteiger partial charge in [0.2, 0.25) is 0 Å². The van der Waals surface area contributed by atoms with Crippen molar-refractivity contribution in [2.24, 2.45) is 10.2 Å². The van der Waals surface area contributed by atoms with Gasteiger partial charge in [0.15, 0.2) is 5.69 Å². The van der Waals surface area contributed by atoms with Crippen molar-refractivity contribution in [1.29, 1.82) is 0 Å². The van der Waals surface area contributed by atoms with E-state index in [0.29, 0.717) is 22.1 Å². The van der Waals surface area contributed by atoms with Gasteiger partial charge in [-0.15, -0.1) is 10.2 Å². The molecule has 0 unspecified atom stereocenters. The molecule has 8 nitrogen and oxygen atoms in total. The molecule has 0 spiro atoms. The van der Waals surface area contributed by atoms with Crippen molar-refractivity contribution in [1.82, 2.24) is 0 Å². The maximum absolute atomic E-state index is 12.0. The minimum absolute atomic E-state index is 0.0941. The highest BCUT2D eigenvalue weighted by molar-refractivity contribution is 7.94. The summed E-state index contributed by atoms with van der Waals surface area (Å²) in [5.41, 5.74) is 0.575. The molecule has 0 saturated carbocycles. The van der Waals surface area contributed by atoms with Crippen molar-refractivity contribution < 1.29 is 13.3 Å². The average molecular weight is 354 g/mol. The second kappa shape index (κ2) is 5.35. The normalized spacial score (nSPS) is 14.7. The van der Waals surface area contributed by atoms with Crippen molar-refractivity contribution in [2.75, 3.05) is 4.72 Å². The van der Waals surface area contributed by atoms with Crippen LogP contribution in [0.5, 0.6) is 0 Å². The Morgan fingerprint density at radius 1 is 0.960 bits per heavy atom. The second-order valence-electron chi connectivity index (χ2n) is 5.37. The summed E-state index contributed by atoms with van der Waals surface area (Å²) in [6.45, 7) is 0. The maximum atomic E-state index is 12.0. The largest absolute Gasteiger partial charge is 0.296 e. The molecule has 0 amide bonds. The van der Waals surface area contributed by atoms with E-state index in [1.54, 1.807) is 36.4 Å². The number of nitrogens with zero attached hydrogens (tertiary/aromatic N) is 3. The minimum atomic E-state index is -3.55. The zero-order valence-corrected chi connectivity index (χ0v) is 13.4. The number of rotatable bonds is 3. The molecule has 124 valence electrons. The predicted molar refractivity (Wildman–Crippen MR) is 92.0 cm³/mol. The molecule has 0 fully saturated rings. The van der Waals surface area contributed by atoms with Gasteiger partial charge in [0.25, 0.3) is 15.7 Å². The van der Waals surface area contributed by atoms with Gasteiger partial charge in [0, 0.05) is 11.5 Å². The third-order valence-electron chi connectivity index (χ3n) is 3.83. The number of nitro benzene ring substituents is 1. The Balaban J connectivity index is 1.87. The van der Waals surface area contributed by atoms with Gasteiger partial charge in [-0.2, -0.15) is 0 Å². The van der Waals surface area contributed by atoms with Crippen LogP contribution in [-0.4, -0.2) is 13.3 Å². The van der Waals surface area contributed by atoms with Crippen molar-refractivity contribution >= 4 is 43.5 Å². The number of nitro groups is 1. The van der Waals surface area contributed by atoms with Gasteiger partial charge >= 0.3 is 0 Å². The van der Waals surface area contributed by atoms with Gasteiger partial charge in [-0.25, -0.2) is 8.42 Å². The quantitative estimate of drug-likeness (QED) is 0.429. The molecule has 0 aliphatic carbocycles. The zero-order chi connectivity index (χ0) is 17.6. The van der Waals surface area contributed by atoms with Crippen LogP contribution in [0.15, 0.2) is 69.7 Å². The number of sulfonamides is 1. The summed E-state index contributed by atoms with van der Waals surface area (Å²) in [6.07, 6.45) is 0. The topological polar surface area (TPSA) is 114 Å². The first-order valence-corrected chi connectivity index (χ1v) is 8.69. The summed E-state index contributed by atoms with van der Waals surface area (Å²) in [4.78, 5) is 10.7. The van der Waals surface area contributed by atoms with Gasteiger partial charge < -0.3 is 0 Å². The Bertz CT molecular complexity index is 1170. The molecule has 4 rings (SSSR count). The molecular formula is C16H10N4O4S. The molecule has 0 aromatic heterocycles. The Morgan fingerprint density at radius 3 is 2.40 bits per heavy atom. The average Bonchev–Trinajstić information content (AvgIpc) is 2.58. The van der Waals surface area contributed by atoms with E-state index in [9.17, 15) is 18.5 Å². The summed E-state index contributed by atoms with van der Waals surface area (Å²) in [6, 6.07) is 14.7. The maximum Gasteiger partial charge on any atom is 0.296 e. The van der Waals surface area contributed by atoms with E-state index in [2.05, 4.69) is 15.0 Å². The van der Waals surface area contributed by atoms with Crippen LogP contribution < -0.4 is 4.72 Å².